The van der Waals surface area contributed by atoms with E-state index in [2.05, 4.69) is 37.9 Å². The van der Waals surface area contributed by atoms with Gasteiger partial charge in [0, 0.05) is 27.2 Å². The molecule has 0 aliphatic heterocycles. The molecule has 2 aromatic rings. The molecule has 2 rings (SSSR count). The maximum absolute atomic E-state index is 13.3. The second-order valence-corrected chi connectivity index (χ2v) is 4.51. The maximum Gasteiger partial charge on any atom is 0.227 e. The normalized spacial score (nSPS) is 10.2. The summed E-state index contributed by atoms with van der Waals surface area (Å²) in [6.45, 7) is 1.71. The molecule has 0 unspecified atom stereocenters. The molecule has 0 atom stereocenters. The predicted octanol–water partition coefficient (Wildman–Crippen LogP) is 3.27. The predicted molar refractivity (Wildman–Crippen MR) is 69.2 cm³/mol. The van der Waals surface area contributed by atoms with Crippen molar-refractivity contribution in [2.75, 3.05) is 5.32 Å². The van der Waals surface area contributed by atoms with Crippen molar-refractivity contribution in [1.82, 2.24) is 9.97 Å². The Morgan fingerprint density at radius 3 is 2.62 bits per heavy atom. The molecule has 0 radical (unpaired) electrons. The highest BCUT2D eigenvalue weighted by Gasteiger charge is 2.04. The standard InChI is InChI=1S/C11H9FIN3/c1-7-9(12)3-2-4-10(7)16-11-14-5-8(13)6-15-11/h2-6H,1H3,(H,14,15,16). The summed E-state index contributed by atoms with van der Waals surface area (Å²) in [5.74, 6) is 0.227. The van der Waals surface area contributed by atoms with Crippen molar-refractivity contribution >= 4 is 34.2 Å². The highest BCUT2D eigenvalue weighted by Crippen LogP contribution is 2.20. The SMILES string of the molecule is Cc1c(F)cccc1Nc1ncc(I)cn1. The molecular weight excluding hydrogens is 320 g/mol. The van der Waals surface area contributed by atoms with Gasteiger partial charge < -0.3 is 5.32 Å². The Kier molecular flexibility index (Phi) is 3.33. The van der Waals surface area contributed by atoms with E-state index in [4.69, 9.17) is 0 Å². The van der Waals surface area contributed by atoms with Crippen LogP contribution >= 0.6 is 22.6 Å². The molecule has 1 N–H and O–H groups in total. The summed E-state index contributed by atoms with van der Waals surface area (Å²) in [7, 11) is 0. The van der Waals surface area contributed by atoms with Crippen LogP contribution in [0.15, 0.2) is 30.6 Å². The molecule has 0 amide bonds. The highest BCUT2D eigenvalue weighted by atomic mass is 127. The largest absolute Gasteiger partial charge is 0.324 e. The molecule has 0 aliphatic rings. The summed E-state index contributed by atoms with van der Waals surface area (Å²) >= 11 is 2.13. The minimum atomic E-state index is -0.240. The van der Waals surface area contributed by atoms with Crippen molar-refractivity contribution in [2.24, 2.45) is 0 Å². The Labute approximate surface area is 106 Å². The van der Waals surface area contributed by atoms with E-state index in [0.29, 0.717) is 17.2 Å². The van der Waals surface area contributed by atoms with E-state index < -0.39 is 0 Å². The number of hydrogen-bond acceptors (Lipinski definition) is 3. The highest BCUT2D eigenvalue weighted by molar-refractivity contribution is 14.1. The molecule has 1 aromatic heterocycles. The van der Waals surface area contributed by atoms with Crippen LogP contribution < -0.4 is 5.32 Å². The Bertz CT molecular complexity index is 499. The molecule has 0 saturated heterocycles. The van der Waals surface area contributed by atoms with E-state index in [-0.39, 0.29) is 5.82 Å². The lowest BCUT2D eigenvalue weighted by Gasteiger charge is -2.07. The zero-order valence-corrected chi connectivity index (χ0v) is 10.7. The average molecular weight is 329 g/mol. The van der Waals surface area contributed by atoms with Gasteiger partial charge in [0.25, 0.3) is 0 Å². The summed E-state index contributed by atoms with van der Waals surface area (Å²) < 4.78 is 14.2. The first-order valence-electron chi connectivity index (χ1n) is 4.66. The lowest BCUT2D eigenvalue weighted by atomic mass is 10.2. The molecule has 0 aliphatic carbocycles. The molecule has 1 aromatic carbocycles. The Balaban J connectivity index is 2.27. The molecule has 0 saturated carbocycles. The fraction of sp³-hybridized carbons (Fsp3) is 0.0909. The summed E-state index contributed by atoms with van der Waals surface area (Å²) in [5.41, 5.74) is 1.24. The van der Waals surface area contributed by atoms with E-state index in [1.54, 1.807) is 31.5 Å². The van der Waals surface area contributed by atoms with Crippen LogP contribution in [-0.2, 0) is 0 Å². The van der Waals surface area contributed by atoms with Crippen LogP contribution in [0, 0.1) is 16.3 Å². The number of aromatic nitrogens is 2. The lowest BCUT2D eigenvalue weighted by molar-refractivity contribution is 0.619. The van der Waals surface area contributed by atoms with Crippen LogP contribution in [-0.4, -0.2) is 9.97 Å². The topological polar surface area (TPSA) is 37.8 Å². The van der Waals surface area contributed by atoms with Crippen LogP contribution in [0.1, 0.15) is 5.56 Å². The molecule has 0 bridgehead atoms. The first-order valence-corrected chi connectivity index (χ1v) is 5.74. The second kappa shape index (κ2) is 4.73. The van der Waals surface area contributed by atoms with E-state index >= 15 is 0 Å². The number of nitrogens with zero attached hydrogens (tertiary/aromatic N) is 2. The third-order valence-corrected chi connectivity index (χ3v) is 2.69. The van der Waals surface area contributed by atoms with E-state index in [9.17, 15) is 4.39 Å². The number of halogens is 2. The van der Waals surface area contributed by atoms with Gasteiger partial charge in [-0.25, -0.2) is 14.4 Å². The third-order valence-electron chi connectivity index (χ3n) is 2.13. The van der Waals surface area contributed by atoms with E-state index in [0.717, 1.165) is 3.57 Å². The summed E-state index contributed by atoms with van der Waals surface area (Å²) in [6.07, 6.45) is 3.40. The van der Waals surface area contributed by atoms with Gasteiger partial charge in [-0.15, -0.1) is 0 Å². The van der Waals surface area contributed by atoms with Crippen LogP contribution in [0.25, 0.3) is 0 Å². The van der Waals surface area contributed by atoms with Gasteiger partial charge in [0.15, 0.2) is 0 Å². The van der Waals surface area contributed by atoms with Gasteiger partial charge in [0.1, 0.15) is 5.82 Å². The van der Waals surface area contributed by atoms with Gasteiger partial charge in [-0.2, -0.15) is 0 Å². The first-order chi connectivity index (χ1) is 7.66. The van der Waals surface area contributed by atoms with Gasteiger partial charge in [0.2, 0.25) is 5.95 Å². The lowest BCUT2D eigenvalue weighted by Crippen LogP contribution is -1.99. The van der Waals surface area contributed by atoms with Crippen LogP contribution in [0.3, 0.4) is 0 Å². The molecular formula is C11H9FIN3. The monoisotopic (exact) mass is 329 g/mol. The van der Waals surface area contributed by atoms with Gasteiger partial charge in [0.05, 0.1) is 0 Å². The average Bonchev–Trinajstić information content (AvgIpc) is 2.28. The zero-order valence-electron chi connectivity index (χ0n) is 8.54. The minimum absolute atomic E-state index is 0.240. The first kappa shape index (κ1) is 11.3. The van der Waals surface area contributed by atoms with E-state index in [1.807, 2.05) is 0 Å². The molecule has 82 valence electrons. The van der Waals surface area contributed by atoms with Crippen molar-refractivity contribution in [1.29, 1.82) is 0 Å². The summed E-state index contributed by atoms with van der Waals surface area (Å²) in [5, 5.41) is 2.97. The van der Waals surface area contributed by atoms with Gasteiger partial charge in [-0.3, -0.25) is 0 Å². The van der Waals surface area contributed by atoms with Crippen molar-refractivity contribution in [2.45, 2.75) is 6.92 Å². The number of rotatable bonds is 2. The van der Waals surface area contributed by atoms with Crippen LogP contribution in [0.2, 0.25) is 0 Å². The molecule has 5 heteroatoms. The van der Waals surface area contributed by atoms with Crippen molar-refractivity contribution in [3.8, 4) is 0 Å². The molecule has 1 heterocycles. The minimum Gasteiger partial charge on any atom is -0.324 e. The van der Waals surface area contributed by atoms with Gasteiger partial charge >= 0.3 is 0 Å². The number of anilines is 2. The number of benzene rings is 1. The fourth-order valence-corrected chi connectivity index (χ4v) is 1.52. The van der Waals surface area contributed by atoms with Crippen LogP contribution in [0.5, 0.6) is 0 Å². The fourth-order valence-electron chi connectivity index (χ4n) is 1.24. The molecule has 3 nitrogen and oxygen atoms in total. The Morgan fingerprint density at radius 2 is 1.94 bits per heavy atom. The quantitative estimate of drug-likeness (QED) is 0.860. The van der Waals surface area contributed by atoms with Crippen molar-refractivity contribution in [3.05, 3.63) is 45.5 Å². The number of hydrogen-bond donors (Lipinski definition) is 1. The third kappa shape index (κ3) is 2.46. The van der Waals surface area contributed by atoms with Crippen LogP contribution in [0.4, 0.5) is 16.0 Å². The molecule has 0 fully saturated rings. The Morgan fingerprint density at radius 1 is 1.25 bits per heavy atom. The maximum atomic E-state index is 13.3. The summed E-state index contributed by atoms with van der Waals surface area (Å²) in [4.78, 5) is 8.18. The molecule has 16 heavy (non-hydrogen) atoms. The number of nitrogens with one attached hydrogen (secondary N) is 1. The van der Waals surface area contributed by atoms with Gasteiger partial charge in [-0.05, 0) is 41.6 Å². The second-order valence-electron chi connectivity index (χ2n) is 3.26. The summed E-state index contributed by atoms with van der Waals surface area (Å²) in [6, 6.07) is 4.87. The van der Waals surface area contributed by atoms with Crippen molar-refractivity contribution in [3.63, 3.8) is 0 Å². The smallest absolute Gasteiger partial charge is 0.227 e. The molecule has 0 spiro atoms. The Hall–Kier alpha value is -1.24. The van der Waals surface area contributed by atoms with E-state index in [1.165, 1.54) is 6.07 Å². The van der Waals surface area contributed by atoms with Crippen molar-refractivity contribution < 1.29 is 4.39 Å². The zero-order chi connectivity index (χ0) is 11.5. The van der Waals surface area contributed by atoms with Gasteiger partial charge in [-0.1, -0.05) is 6.07 Å².